The van der Waals surface area contributed by atoms with E-state index in [-0.39, 0.29) is 51.0 Å². The van der Waals surface area contributed by atoms with E-state index in [1.54, 1.807) is 70.3 Å². The zero-order valence-corrected chi connectivity index (χ0v) is 46.4. The summed E-state index contributed by atoms with van der Waals surface area (Å²) in [5, 5.41) is 25.1. The number of para-hydroxylation sites is 1. The molecule has 0 saturated carbocycles. The van der Waals surface area contributed by atoms with E-state index in [1.807, 2.05) is 25.1 Å². The van der Waals surface area contributed by atoms with Crippen molar-refractivity contribution in [2.24, 2.45) is 34.0 Å². The van der Waals surface area contributed by atoms with Gasteiger partial charge < -0.3 is 75.0 Å². The smallest absolute Gasteiger partial charge is 0.243 e. The van der Waals surface area contributed by atoms with Gasteiger partial charge in [-0.3, -0.25) is 52.9 Å². The highest BCUT2D eigenvalue weighted by Crippen LogP contribution is 2.20. The number of benzene rings is 2. The quantitative estimate of drug-likeness (QED) is 0.0249. The Morgan fingerprint density at radius 3 is 1.84 bits per heavy atom. The lowest BCUT2D eigenvalue weighted by atomic mass is 9.98. The summed E-state index contributed by atoms with van der Waals surface area (Å²) in [6, 6.07) is 5.13. The predicted octanol–water partition coefficient (Wildman–Crippen LogP) is -1.25. The second-order valence-electron chi connectivity index (χ2n) is 20.7. The Bertz CT molecular complexity index is 2830. The molecule has 1 fully saturated rings. The number of primary amides is 1. The Morgan fingerprint density at radius 1 is 0.654 bits per heavy atom. The molecule has 17 N–H and O–H groups in total. The Labute approximate surface area is 469 Å². The largest absolute Gasteiger partial charge is 0.370 e. The molecule has 26 heteroatoms. The average Bonchev–Trinajstić information content (AvgIpc) is 4.15. The summed E-state index contributed by atoms with van der Waals surface area (Å²) in [6.45, 7) is 8.03. The summed E-state index contributed by atoms with van der Waals surface area (Å²) >= 11 is 0. The molecule has 0 aliphatic carbocycles. The molecule has 0 bridgehead atoms. The van der Waals surface area contributed by atoms with Crippen molar-refractivity contribution in [1.29, 1.82) is 0 Å². The number of rotatable bonds is 22. The number of H-pyrrole nitrogens is 2. The van der Waals surface area contributed by atoms with Gasteiger partial charge >= 0.3 is 0 Å². The minimum absolute atomic E-state index is 0.0417. The van der Waals surface area contributed by atoms with Crippen molar-refractivity contribution in [3.05, 3.63) is 90.1 Å². The Hall–Kier alpha value is -8.84. The molecule has 1 aliphatic rings. The molecule has 0 radical (unpaired) electrons. The molecular weight excluding hydrogens is 1040 g/mol. The van der Waals surface area contributed by atoms with Crippen LogP contribution in [0.3, 0.4) is 0 Å². The normalized spacial score (nSPS) is 20.5. The van der Waals surface area contributed by atoms with Gasteiger partial charge in [-0.2, -0.15) is 0 Å². The molecule has 81 heavy (non-hydrogen) atoms. The van der Waals surface area contributed by atoms with Gasteiger partial charge in [0, 0.05) is 61.2 Å². The van der Waals surface area contributed by atoms with Crippen molar-refractivity contribution < 1.29 is 47.9 Å². The van der Waals surface area contributed by atoms with E-state index < -0.39 is 139 Å². The van der Waals surface area contributed by atoms with Gasteiger partial charge in [-0.25, -0.2) is 4.98 Å². The minimum Gasteiger partial charge on any atom is -0.370 e. The van der Waals surface area contributed by atoms with Crippen LogP contribution in [0.4, 0.5) is 0 Å². The number of hydrogen-bond acceptors (Lipinski definition) is 12. The molecule has 10 amide bonds. The van der Waals surface area contributed by atoms with Gasteiger partial charge in [0.15, 0.2) is 5.96 Å². The molecular formula is C55H78N16O10. The van der Waals surface area contributed by atoms with E-state index >= 15 is 0 Å². The molecule has 438 valence electrons. The number of nitrogens with zero attached hydrogens (tertiary/aromatic N) is 2. The highest BCUT2D eigenvalue weighted by Gasteiger charge is 2.37. The molecule has 2 aromatic carbocycles. The van der Waals surface area contributed by atoms with Crippen LogP contribution in [0.25, 0.3) is 10.9 Å². The van der Waals surface area contributed by atoms with Crippen molar-refractivity contribution in [2.75, 3.05) is 13.1 Å². The third-order valence-electron chi connectivity index (χ3n) is 13.6. The number of carbonyl (C=O) groups excluding carboxylic acids is 10. The fourth-order valence-electron chi connectivity index (χ4n) is 9.09. The molecule has 3 heterocycles. The van der Waals surface area contributed by atoms with E-state index in [0.717, 1.165) is 0 Å². The first-order valence-electron chi connectivity index (χ1n) is 27.2. The molecule has 2 aromatic heterocycles. The number of guanidine groups is 1. The number of carbonyl (C=O) groups is 10. The first kappa shape index (κ1) is 63.0. The molecule has 1 aliphatic heterocycles. The Kier molecular flexibility index (Phi) is 24.2. The number of nitrogens with one attached hydrogen (secondary N) is 11. The fourth-order valence-corrected chi connectivity index (χ4v) is 9.09. The summed E-state index contributed by atoms with van der Waals surface area (Å²) in [7, 11) is 0. The first-order chi connectivity index (χ1) is 38.6. The van der Waals surface area contributed by atoms with Gasteiger partial charge in [-0.15, -0.1) is 0 Å². The van der Waals surface area contributed by atoms with Crippen molar-refractivity contribution in [1.82, 2.24) is 62.8 Å². The molecule has 0 spiro atoms. The van der Waals surface area contributed by atoms with Crippen LogP contribution in [0.5, 0.6) is 0 Å². The zero-order chi connectivity index (χ0) is 59.2. The van der Waals surface area contributed by atoms with E-state index in [2.05, 4.69) is 67.8 Å². The minimum atomic E-state index is -1.59. The second-order valence-corrected chi connectivity index (χ2v) is 20.7. The lowest BCUT2D eigenvalue weighted by Crippen LogP contribution is -2.62. The molecule has 1 saturated heterocycles. The third-order valence-corrected chi connectivity index (χ3v) is 13.6. The summed E-state index contributed by atoms with van der Waals surface area (Å²) < 4.78 is 0. The van der Waals surface area contributed by atoms with Crippen LogP contribution in [0.1, 0.15) is 96.4 Å². The predicted molar refractivity (Wildman–Crippen MR) is 300 cm³/mol. The number of aliphatic imine (C=N–C) groups is 1. The van der Waals surface area contributed by atoms with Crippen LogP contribution >= 0.6 is 0 Å². The van der Waals surface area contributed by atoms with Crippen LogP contribution in [0.2, 0.25) is 0 Å². The van der Waals surface area contributed by atoms with Gasteiger partial charge in [-0.1, -0.05) is 96.0 Å². The molecule has 0 unspecified atom stereocenters. The molecule has 8 atom stereocenters. The SMILES string of the molecule is CCCC[C@@H]1NC(=O)CC[C@@H](C(=O)N[C@H](C(=O)N[C@H](C(=O)NCC(N)=O)C(C)C)C(C)C)NC(=O)[C@H](Cc2c[nH]c3ccccc23)NC(=O)[C@H](CCCN=C(N)N)NC(=O)[C@H](Cc2ccccc2)NC(=O)[C@H](Cc2cnc[nH]2)NC1=O. The number of unbranched alkanes of at least 4 members (excludes halogenated alkanes) is 1. The van der Waals surface area contributed by atoms with Crippen LogP contribution < -0.4 is 65.1 Å². The maximum Gasteiger partial charge on any atom is 0.243 e. The number of hydrogen-bond donors (Lipinski definition) is 14. The summed E-state index contributed by atoms with van der Waals surface area (Å²) in [4.78, 5) is 155. The maximum atomic E-state index is 15.0. The number of amides is 10. The van der Waals surface area contributed by atoms with Crippen LogP contribution in [0.15, 0.2) is 78.3 Å². The molecule has 26 nitrogen and oxygen atoms in total. The fraction of sp³-hybridized carbons (Fsp3) is 0.491. The Balaban J connectivity index is 1.61. The van der Waals surface area contributed by atoms with Gasteiger partial charge in [0.2, 0.25) is 59.1 Å². The van der Waals surface area contributed by atoms with Gasteiger partial charge in [0.05, 0.1) is 12.9 Å². The third kappa shape index (κ3) is 19.8. The standard InChI is InChI=1S/C55H78N16O10/c1-6-7-17-37-47(74)69-42(25-34-27-59-29-63-34)52(79)67-40(23-32-14-9-8-10-15-32)50(77)65-38(19-13-22-60-55(57)58)48(75)68-41(24-33-26-61-36-18-12-11-16-35(33)36)51(78)66-39(20-21-44(73)64-37)49(76)70-46(31(4)5)54(81)71-45(30(2)3)53(80)62-28-43(56)72/h8-12,14-16,18,26-27,29-31,37-42,45-46,61H,6-7,13,17,19-25,28H2,1-5H3,(H2,56,72)(H,59,63)(H,62,80)(H,64,73)(H,65,77)(H,66,78)(H,67,79)(H,68,75)(H,69,74)(H,70,76)(H,71,81)(H4,57,58,60)/t37-,38-,39-,40-,41-,42-,45-,46-/m0/s1. The van der Waals surface area contributed by atoms with Gasteiger partial charge in [-0.05, 0) is 54.7 Å². The maximum absolute atomic E-state index is 15.0. The number of aromatic nitrogens is 3. The van der Waals surface area contributed by atoms with Gasteiger partial charge in [0.25, 0.3) is 0 Å². The Morgan fingerprint density at radius 2 is 1.22 bits per heavy atom. The second kappa shape index (κ2) is 31.1. The van der Waals surface area contributed by atoms with Crippen molar-refractivity contribution in [3.8, 4) is 0 Å². The zero-order valence-electron chi connectivity index (χ0n) is 46.4. The highest BCUT2D eigenvalue weighted by atomic mass is 16.2. The van der Waals surface area contributed by atoms with Crippen molar-refractivity contribution in [2.45, 2.75) is 147 Å². The van der Waals surface area contributed by atoms with E-state index in [0.29, 0.717) is 40.6 Å². The van der Waals surface area contributed by atoms with Crippen molar-refractivity contribution >= 4 is 75.9 Å². The van der Waals surface area contributed by atoms with Crippen LogP contribution in [-0.2, 0) is 67.2 Å². The summed E-state index contributed by atoms with van der Waals surface area (Å²) in [5.41, 5.74) is 18.9. The van der Waals surface area contributed by atoms with Gasteiger partial charge in [0.1, 0.15) is 48.3 Å². The number of fused-ring (bicyclic) bond motifs is 1. The first-order valence-corrected chi connectivity index (χ1v) is 27.2. The molecule has 5 rings (SSSR count). The average molecular weight is 1120 g/mol. The summed E-state index contributed by atoms with van der Waals surface area (Å²) in [5.74, 6) is -9.31. The number of aromatic amines is 2. The monoisotopic (exact) mass is 1120 g/mol. The lowest BCUT2D eigenvalue weighted by Gasteiger charge is -2.30. The topological polar surface area (TPSA) is 414 Å². The molecule has 4 aromatic rings. The van der Waals surface area contributed by atoms with E-state index in [4.69, 9.17) is 17.2 Å². The summed E-state index contributed by atoms with van der Waals surface area (Å²) in [6.07, 6.45) is 4.58. The number of imidazole rings is 1. The number of nitrogens with two attached hydrogens (primary N) is 3. The van der Waals surface area contributed by atoms with Crippen LogP contribution in [0, 0.1) is 11.8 Å². The van der Waals surface area contributed by atoms with Crippen molar-refractivity contribution in [3.63, 3.8) is 0 Å². The highest BCUT2D eigenvalue weighted by molar-refractivity contribution is 5.99. The lowest BCUT2D eigenvalue weighted by molar-refractivity contribution is -0.137. The van der Waals surface area contributed by atoms with E-state index in [9.17, 15) is 47.9 Å². The van der Waals surface area contributed by atoms with E-state index in [1.165, 1.54) is 12.5 Å². The van der Waals surface area contributed by atoms with Crippen LogP contribution in [-0.4, -0.2) is 141 Å².